The van der Waals surface area contributed by atoms with Crippen molar-refractivity contribution < 1.29 is 13.9 Å². The number of aromatic nitrogens is 1. The van der Waals surface area contributed by atoms with E-state index in [4.69, 9.17) is 0 Å². The van der Waals surface area contributed by atoms with Crippen molar-refractivity contribution in [2.24, 2.45) is 5.92 Å². The Kier molecular flexibility index (Phi) is 5.80. The van der Waals surface area contributed by atoms with Crippen molar-refractivity contribution in [1.82, 2.24) is 10.3 Å². The van der Waals surface area contributed by atoms with Crippen LogP contribution in [0.5, 0.6) is 0 Å². The molecule has 2 N–H and O–H groups in total. The van der Waals surface area contributed by atoms with Crippen LogP contribution in [0.1, 0.15) is 25.1 Å². The molecule has 1 heterocycles. The molecule has 0 bridgehead atoms. The Morgan fingerprint density at radius 1 is 1.17 bits per heavy atom. The van der Waals surface area contributed by atoms with E-state index in [0.717, 1.165) is 11.1 Å². The number of rotatable bonds is 6. The molecule has 0 saturated heterocycles. The van der Waals surface area contributed by atoms with Crippen LogP contribution in [0.4, 0.5) is 8.78 Å². The molecule has 2 aromatic rings. The highest BCUT2D eigenvalue weighted by Gasteiger charge is 2.14. The molecule has 5 heteroatoms. The number of aliphatic hydroxyl groups excluding tert-OH is 1. The maximum atomic E-state index is 14.0. The van der Waals surface area contributed by atoms with Gasteiger partial charge in [-0.3, -0.25) is 0 Å². The van der Waals surface area contributed by atoms with Gasteiger partial charge in [0.2, 0.25) is 0 Å². The van der Waals surface area contributed by atoms with Gasteiger partial charge in [0.25, 0.3) is 0 Å². The molecule has 0 radical (unpaired) electrons. The summed E-state index contributed by atoms with van der Waals surface area (Å²) >= 11 is 0. The molecule has 0 aliphatic heterocycles. The van der Waals surface area contributed by atoms with Gasteiger partial charge in [-0.1, -0.05) is 13.8 Å². The molecule has 0 spiro atoms. The van der Waals surface area contributed by atoms with Crippen molar-refractivity contribution in [2.75, 3.05) is 6.61 Å². The fraction of sp³-hybridized carbons (Fsp3) is 0.389. The van der Waals surface area contributed by atoms with Crippen molar-refractivity contribution in [3.05, 3.63) is 53.2 Å². The first kappa shape index (κ1) is 17.5. The Balaban J connectivity index is 2.25. The SMILES string of the molecule is Cc1cc(F)ccc1-c1ccc(F)c(CN[C@@H](CO)C(C)C)n1. The van der Waals surface area contributed by atoms with E-state index in [0.29, 0.717) is 5.69 Å². The van der Waals surface area contributed by atoms with Crippen LogP contribution in [0.25, 0.3) is 11.3 Å². The van der Waals surface area contributed by atoms with Gasteiger partial charge in [0.1, 0.15) is 11.6 Å². The van der Waals surface area contributed by atoms with Crippen molar-refractivity contribution >= 4 is 0 Å². The molecular formula is C18H22F2N2O. The first-order valence-corrected chi connectivity index (χ1v) is 7.68. The topological polar surface area (TPSA) is 45.1 Å². The fourth-order valence-electron chi connectivity index (χ4n) is 2.41. The molecule has 23 heavy (non-hydrogen) atoms. The summed E-state index contributed by atoms with van der Waals surface area (Å²) in [6.07, 6.45) is 0. The van der Waals surface area contributed by atoms with Crippen LogP contribution in [0, 0.1) is 24.5 Å². The third kappa shape index (κ3) is 4.33. The predicted molar refractivity (Wildman–Crippen MR) is 86.9 cm³/mol. The van der Waals surface area contributed by atoms with Crippen LogP contribution in [-0.4, -0.2) is 22.7 Å². The number of hydrogen-bond acceptors (Lipinski definition) is 3. The zero-order valence-corrected chi connectivity index (χ0v) is 13.6. The van der Waals surface area contributed by atoms with E-state index in [-0.39, 0.29) is 36.6 Å². The lowest BCUT2D eigenvalue weighted by Crippen LogP contribution is -2.36. The molecule has 0 aliphatic carbocycles. The zero-order valence-electron chi connectivity index (χ0n) is 13.6. The lowest BCUT2D eigenvalue weighted by Gasteiger charge is -2.20. The van der Waals surface area contributed by atoms with Gasteiger partial charge in [0, 0.05) is 18.2 Å². The van der Waals surface area contributed by atoms with Crippen LogP contribution in [-0.2, 0) is 6.54 Å². The molecule has 3 nitrogen and oxygen atoms in total. The first-order valence-electron chi connectivity index (χ1n) is 7.68. The third-order valence-corrected chi connectivity index (χ3v) is 3.92. The minimum absolute atomic E-state index is 0.0178. The third-order valence-electron chi connectivity index (χ3n) is 3.92. The second kappa shape index (κ2) is 7.62. The molecule has 1 aromatic carbocycles. The van der Waals surface area contributed by atoms with Crippen LogP contribution in [0.2, 0.25) is 0 Å². The number of aryl methyl sites for hydroxylation is 1. The smallest absolute Gasteiger partial charge is 0.146 e. The molecule has 0 amide bonds. The average Bonchev–Trinajstić information content (AvgIpc) is 2.49. The predicted octanol–water partition coefficient (Wildman–Crippen LogP) is 3.44. The summed E-state index contributed by atoms with van der Waals surface area (Å²) in [4.78, 5) is 4.36. The van der Waals surface area contributed by atoms with E-state index >= 15 is 0 Å². The molecule has 1 atom stereocenters. The molecule has 124 valence electrons. The normalized spacial score (nSPS) is 12.7. The molecular weight excluding hydrogens is 298 g/mol. The summed E-state index contributed by atoms with van der Waals surface area (Å²) < 4.78 is 27.2. The quantitative estimate of drug-likeness (QED) is 0.857. The molecule has 0 saturated carbocycles. The fourth-order valence-corrected chi connectivity index (χ4v) is 2.41. The van der Waals surface area contributed by atoms with E-state index in [2.05, 4.69) is 10.3 Å². The average molecular weight is 320 g/mol. The monoisotopic (exact) mass is 320 g/mol. The number of aliphatic hydroxyl groups is 1. The van der Waals surface area contributed by atoms with E-state index in [1.54, 1.807) is 19.1 Å². The number of halogens is 2. The Labute approximate surface area is 135 Å². The minimum Gasteiger partial charge on any atom is -0.395 e. The number of nitrogens with zero attached hydrogens (tertiary/aromatic N) is 1. The van der Waals surface area contributed by atoms with E-state index < -0.39 is 5.82 Å². The van der Waals surface area contributed by atoms with E-state index in [1.807, 2.05) is 13.8 Å². The highest BCUT2D eigenvalue weighted by Crippen LogP contribution is 2.23. The second-order valence-corrected chi connectivity index (χ2v) is 6.00. The van der Waals surface area contributed by atoms with E-state index in [9.17, 15) is 13.9 Å². The maximum Gasteiger partial charge on any atom is 0.146 e. The van der Waals surface area contributed by atoms with Gasteiger partial charge in [0.15, 0.2) is 0 Å². The van der Waals surface area contributed by atoms with Gasteiger partial charge in [0.05, 0.1) is 18.0 Å². The minimum atomic E-state index is -0.401. The Morgan fingerprint density at radius 3 is 2.52 bits per heavy atom. The van der Waals surface area contributed by atoms with Crippen LogP contribution in [0.15, 0.2) is 30.3 Å². The lowest BCUT2D eigenvalue weighted by atomic mass is 10.0. The van der Waals surface area contributed by atoms with Gasteiger partial charge < -0.3 is 10.4 Å². The Morgan fingerprint density at radius 2 is 1.91 bits per heavy atom. The standard InChI is InChI=1S/C18H22F2N2O/c1-11(2)18(10-23)21-9-17-15(20)6-7-16(22-17)14-5-4-13(19)8-12(14)3/h4-8,11,18,21,23H,9-10H2,1-3H3/t18-/m0/s1. The molecule has 0 unspecified atom stereocenters. The van der Waals surface area contributed by atoms with E-state index in [1.165, 1.54) is 18.2 Å². The summed E-state index contributed by atoms with van der Waals surface area (Å²) in [5.41, 5.74) is 2.41. The maximum absolute atomic E-state index is 14.0. The van der Waals surface area contributed by atoms with Gasteiger partial charge in [-0.15, -0.1) is 0 Å². The summed E-state index contributed by atoms with van der Waals surface area (Å²) in [7, 11) is 0. The van der Waals surface area contributed by atoms with Crippen molar-refractivity contribution in [2.45, 2.75) is 33.4 Å². The zero-order chi connectivity index (χ0) is 17.0. The summed E-state index contributed by atoms with van der Waals surface area (Å²) in [6.45, 7) is 5.97. The Hall–Kier alpha value is -1.85. The lowest BCUT2D eigenvalue weighted by molar-refractivity contribution is 0.209. The van der Waals surface area contributed by atoms with Crippen molar-refractivity contribution in [3.8, 4) is 11.3 Å². The Bertz CT molecular complexity index is 674. The van der Waals surface area contributed by atoms with Gasteiger partial charge in [-0.25, -0.2) is 13.8 Å². The number of pyridine rings is 1. The van der Waals surface area contributed by atoms with Crippen LogP contribution >= 0.6 is 0 Å². The number of hydrogen-bond donors (Lipinski definition) is 2. The highest BCUT2D eigenvalue weighted by atomic mass is 19.1. The molecule has 2 rings (SSSR count). The molecule has 0 aliphatic rings. The van der Waals surface area contributed by atoms with Crippen molar-refractivity contribution in [1.29, 1.82) is 0 Å². The summed E-state index contributed by atoms with van der Waals surface area (Å²) in [6, 6.07) is 7.28. The number of nitrogens with one attached hydrogen (secondary N) is 1. The second-order valence-electron chi connectivity index (χ2n) is 6.00. The van der Waals surface area contributed by atoms with Crippen LogP contribution in [0.3, 0.4) is 0 Å². The van der Waals surface area contributed by atoms with Gasteiger partial charge >= 0.3 is 0 Å². The van der Waals surface area contributed by atoms with Gasteiger partial charge in [-0.05, 0) is 48.7 Å². The number of benzene rings is 1. The summed E-state index contributed by atoms with van der Waals surface area (Å²) in [5.74, 6) is -0.481. The van der Waals surface area contributed by atoms with Crippen molar-refractivity contribution in [3.63, 3.8) is 0 Å². The van der Waals surface area contributed by atoms with Crippen LogP contribution < -0.4 is 5.32 Å². The first-order chi connectivity index (χ1) is 10.9. The molecule has 1 aromatic heterocycles. The largest absolute Gasteiger partial charge is 0.395 e. The highest BCUT2D eigenvalue weighted by molar-refractivity contribution is 5.63. The molecule has 0 fully saturated rings. The van der Waals surface area contributed by atoms with Gasteiger partial charge in [-0.2, -0.15) is 0 Å². The summed E-state index contributed by atoms with van der Waals surface area (Å²) in [5, 5.41) is 12.4.